The summed E-state index contributed by atoms with van der Waals surface area (Å²) in [6.07, 6.45) is 1.60. The molecule has 52 heavy (non-hydrogen) atoms. The third-order valence-electron chi connectivity index (χ3n) is 9.36. The van der Waals surface area contributed by atoms with Crippen molar-refractivity contribution in [3.05, 3.63) is 192 Å². The zero-order valence-electron chi connectivity index (χ0n) is 28.4. The van der Waals surface area contributed by atoms with Crippen molar-refractivity contribution in [3.63, 3.8) is 0 Å². The summed E-state index contributed by atoms with van der Waals surface area (Å²) < 4.78 is 13.3. The van der Waals surface area contributed by atoms with Crippen molar-refractivity contribution in [2.24, 2.45) is 9.98 Å². The van der Waals surface area contributed by atoms with E-state index in [1.54, 1.807) is 0 Å². The normalized spacial score (nSPS) is 18.7. The quantitative estimate of drug-likeness (QED) is 0.193. The molecule has 0 saturated carbocycles. The molecule has 6 aromatic rings. The van der Waals surface area contributed by atoms with Crippen LogP contribution in [0, 0.1) is 0 Å². The summed E-state index contributed by atoms with van der Waals surface area (Å²) in [5.74, 6) is 1.35. The van der Waals surface area contributed by atoms with Crippen molar-refractivity contribution in [3.8, 4) is 22.3 Å². The number of hydrogen-bond acceptors (Lipinski definition) is 4. The Morgan fingerprint density at radius 1 is 0.404 bits per heavy atom. The van der Waals surface area contributed by atoms with E-state index in [0.29, 0.717) is 18.2 Å². The fraction of sp³-hybridized carbons (Fsp3) is 0.156. The molecule has 2 aliphatic heterocycles. The zero-order chi connectivity index (χ0) is 32.8. The molecule has 0 saturated heterocycles. The van der Waals surface area contributed by atoms with Crippen molar-refractivity contribution in [2.75, 3.05) is 0 Å². The SMILES string of the molecule is [Br-].[Br-].[Pd+2].c1ccc(-c2cccc(C[C@H]3N=C(CC4=N[C@H](Cc5cccc(-c6ccccc6)c5)C(c5ccccc5)O4)OC3c3ccccc3)c2)cc1. The van der Waals surface area contributed by atoms with Crippen LogP contribution in [0.3, 0.4) is 0 Å². The summed E-state index contributed by atoms with van der Waals surface area (Å²) in [7, 11) is 0. The Balaban J connectivity index is 0.00000174. The molecular weight excluding hydrogens is 867 g/mol. The first-order valence-electron chi connectivity index (χ1n) is 17.1. The molecule has 4 atom stereocenters. The molecule has 0 radical (unpaired) electrons. The van der Waals surface area contributed by atoms with Gasteiger partial charge in [-0.15, -0.1) is 0 Å². The topological polar surface area (TPSA) is 43.2 Å². The third kappa shape index (κ3) is 9.26. The van der Waals surface area contributed by atoms with Crippen LogP contribution >= 0.6 is 0 Å². The standard InChI is InChI=1S/C45H38N2O2.2BrH.Pd/c1-5-17-34(18-6-1)38-25-13-15-32(27-38)29-40-44(36-21-9-3-10-22-36)48-42(46-40)31-43-47-41(45(49-43)37-23-11-4-12-24-37)30-33-16-14-26-39(28-33)35-19-7-2-8-20-35;;;/h1-28,40-41,44-45H,29-31H2;2*1H;/q;;;+2/p-2/t40-,41-,44?,45?;;;/m1.../s1. The molecule has 0 amide bonds. The van der Waals surface area contributed by atoms with Gasteiger partial charge in [-0.1, -0.05) is 170 Å². The number of benzene rings is 6. The molecule has 8 rings (SSSR count). The van der Waals surface area contributed by atoms with Crippen molar-refractivity contribution >= 4 is 11.8 Å². The van der Waals surface area contributed by atoms with E-state index >= 15 is 0 Å². The van der Waals surface area contributed by atoms with Crippen molar-refractivity contribution in [1.82, 2.24) is 0 Å². The Morgan fingerprint density at radius 3 is 1.13 bits per heavy atom. The van der Waals surface area contributed by atoms with E-state index in [4.69, 9.17) is 19.5 Å². The maximum absolute atomic E-state index is 6.66. The Morgan fingerprint density at radius 2 is 0.750 bits per heavy atom. The van der Waals surface area contributed by atoms with Gasteiger partial charge in [0.15, 0.2) is 11.8 Å². The smallest absolute Gasteiger partial charge is 1.00 e. The molecule has 4 nitrogen and oxygen atoms in total. The van der Waals surface area contributed by atoms with Crippen LogP contribution in [0.4, 0.5) is 0 Å². The molecule has 7 heteroatoms. The van der Waals surface area contributed by atoms with Crippen molar-refractivity contribution in [1.29, 1.82) is 0 Å². The minimum Gasteiger partial charge on any atom is -1.00 e. The van der Waals surface area contributed by atoms with Gasteiger partial charge in [0.1, 0.15) is 12.2 Å². The molecule has 2 aliphatic rings. The van der Waals surface area contributed by atoms with Crippen LogP contribution in [0.5, 0.6) is 0 Å². The second-order valence-corrected chi connectivity index (χ2v) is 12.8. The predicted molar refractivity (Wildman–Crippen MR) is 199 cm³/mol. The average molecular weight is 905 g/mol. The molecule has 0 aromatic heterocycles. The van der Waals surface area contributed by atoms with Gasteiger partial charge in [-0.2, -0.15) is 0 Å². The summed E-state index contributed by atoms with van der Waals surface area (Å²) in [4.78, 5) is 10.4. The molecule has 0 bridgehead atoms. The molecular formula is C45H38Br2N2O2Pd. The summed E-state index contributed by atoms with van der Waals surface area (Å²) in [5.41, 5.74) is 9.55. The molecule has 0 fully saturated rings. The van der Waals surface area contributed by atoms with Crippen LogP contribution in [0.2, 0.25) is 0 Å². The second-order valence-electron chi connectivity index (χ2n) is 12.8. The van der Waals surface area contributed by atoms with Crippen LogP contribution in [0.15, 0.2) is 180 Å². The first kappa shape index (κ1) is 39.1. The molecule has 2 heterocycles. The number of hydrogen-bond donors (Lipinski definition) is 0. The first-order valence-corrected chi connectivity index (χ1v) is 17.1. The Labute approximate surface area is 341 Å². The van der Waals surface area contributed by atoms with Crippen LogP contribution in [-0.4, -0.2) is 23.9 Å². The molecule has 2 unspecified atom stereocenters. The number of ether oxygens (including phenoxy) is 2. The Hall–Kier alpha value is -4.12. The predicted octanol–water partition coefficient (Wildman–Crippen LogP) is 4.28. The summed E-state index contributed by atoms with van der Waals surface area (Å²) in [6, 6.07) is 59.3. The van der Waals surface area contributed by atoms with Gasteiger partial charge in [-0.3, -0.25) is 0 Å². The first-order chi connectivity index (χ1) is 24.2. The number of rotatable bonds is 10. The van der Waals surface area contributed by atoms with Gasteiger partial charge in [0.25, 0.3) is 0 Å². The van der Waals surface area contributed by atoms with Gasteiger partial charge in [0.05, 0.1) is 18.5 Å². The van der Waals surface area contributed by atoms with E-state index in [-0.39, 0.29) is 78.7 Å². The van der Waals surface area contributed by atoms with Gasteiger partial charge in [0.2, 0.25) is 0 Å². The van der Waals surface area contributed by atoms with Gasteiger partial charge >= 0.3 is 20.4 Å². The molecule has 0 spiro atoms. The van der Waals surface area contributed by atoms with Crippen LogP contribution < -0.4 is 34.0 Å². The second kappa shape index (κ2) is 18.6. The van der Waals surface area contributed by atoms with Gasteiger partial charge < -0.3 is 43.4 Å². The van der Waals surface area contributed by atoms with E-state index in [1.165, 1.54) is 33.4 Å². The van der Waals surface area contributed by atoms with Crippen molar-refractivity contribution in [2.45, 2.75) is 43.6 Å². The molecule has 0 aliphatic carbocycles. The van der Waals surface area contributed by atoms with E-state index < -0.39 is 0 Å². The number of nitrogens with zero attached hydrogens (tertiary/aromatic N) is 2. The van der Waals surface area contributed by atoms with Crippen LogP contribution in [-0.2, 0) is 42.7 Å². The van der Waals surface area contributed by atoms with E-state index in [0.717, 1.165) is 24.0 Å². The van der Waals surface area contributed by atoms with E-state index in [1.807, 2.05) is 12.1 Å². The maximum atomic E-state index is 6.66. The summed E-state index contributed by atoms with van der Waals surface area (Å²) in [5, 5.41) is 0. The molecule has 6 aromatic carbocycles. The monoisotopic (exact) mass is 902 g/mol. The van der Waals surface area contributed by atoms with Crippen molar-refractivity contribution < 1.29 is 63.9 Å². The third-order valence-corrected chi connectivity index (χ3v) is 9.36. The minimum absolute atomic E-state index is 0. The number of halogens is 2. The van der Waals surface area contributed by atoms with Gasteiger partial charge in [0, 0.05) is 0 Å². The Bertz CT molecular complexity index is 1930. The fourth-order valence-electron chi connectivity index (χ4n) is 6.99. The van der Waals surface area contributed by atoms with E-state index in [9.17, 15) is 0 Å². The largest absolute Gasteiger partial charge is 2.00 e. The molecule has 0 N–H and O–H groups in total. The summed E-state index contributed by atoms with van der Waals surface area (Å²) in [6.45, 7) is 0. The van der Waals surface area contributed by atoms with Crippen LogP contribution in [0.1, 0.15) is 40.9 Å². The Kier molecular flexibility index (Phi) is 14.0. The summed E-state index contributed by atoms with van der Waals surface area (Å²) >= 11 is 0. The van der Waals surface area contributed by atoms with Gasteiger partial charge in [-0.05, 0) is 57.3 Å². The molecule has 264 valence electrons. The average Bonchev–Trinajstić information content (AvgIpc) is 3.76. The minimum atomic E-state index is -0.181. The van der Waals surface area contributed by atoms with E-state index in [2.05, 4.69) is 158 Å². The zero-order valence-corrected chi connectivity index (χ0v) is 33.1. The number of aliphatic imine (C=N–C) groups is 2. The fourth-order valence-corrected chi connectivity index (χ4v) is 6.99. The van der Waals surface area contributed by atoms with Gasteiger partial charge in [-0.25, -0.2) is 9.98 Å². The van der Waals surface area contributed by atoms with Crippen LogP contribution in [0.25, 0.3) is 22.3 Å². The maximum Gasteiger partial charge on any atom is 2.00 e.